The molecular formula is C10H23OP. The highest BCUT2D eigenvalue weighted by atomic mass is 31.2. The molecule has 0 amide bonds. The molecule has 0 fully saturated rings. The van der Waals surface area contributed by atoms with E-state index in [2.05, 4.69) is 13.8 Å². The molecule has 0 aliphatic rings. The molecule has 1 atom stereocenters. The van der Waals surface area contributed by atoms with Gasteiger partial charge in [0.2, 0.25) is 0 Å². The Morgan fingerprint density at radius 3 is 2.08 bits per heavy atom. The molecule has 1 unspecified atom stereocenters. The van der Waals surface area contributed by atoms with Crippen molar-refractivity contribution in [1.82, 2.24) is 0 Å². The largest absolute Gasteiger partial charge is 0.324 e. The van der Waals surface area contributed by atoms with Crippen LogP contribution in [0.3, 0.4) is 0 Å². The van der Waals surface area contributed by atoms with Crippen LogP contribution in [-0.4, -0.2) is 19.0 Å². The molecule has 0 bridgehead atoms. The van der Waals surface area contributed by atoms with Crippen LogP contribution < -0.4 is 0 Å². The maximum Gasteiger partial charge on any atom is 0.0848 e. The quantitative estimate of drug-likeness (QED) is 0.457. The van der Waals surface area contributed by atoms with Crippen LogP contribution in [0, 0.1) is 0 Å². The van der Waals surface area contributed by atoms with Gasteiger partial charge >= 0.3 is 0 Å². The average Bonchev–Trinajstić information content (AvgIpc) is 1.95. The van der Waals surface area contributed by atoms with Gasteiger partial charge in [-0.2, -0.15) is 0 Å². The van der Waals surface area contributed by atoms with Crippen molar-refractivity contribution in [1.29, 1.82) is 0 Å². The van der Waals surface area contributed by atoms with Gasteiger partial charge in [-0.3, -0.25) is 0 Å². The van der Waals surface area contributed by atoms with E-state index < -0.39 is 7.14 Å². The van der Waals surface area contributed by atoms with E-state index in [0.717, 1.165) is 12.8 Å². The Labute approximate surface area is 77.3 Å². The van der Waals surface area contributed by atoms with Crippen LogP contribution in [0.25, 0.3) is 0 Å². The zero-order chi connectivity index (χ0) is 9.61. The summed E-state index contributed by atoms with van der Waals surface area (Å²) in [5.74, 6) is 0. The summed E-state index contributed by atoms with van der Waals surface area (Å²) < 4.78 is 11.7. The molecule has 12 heavy (non-hydrogen) atoms. The Morgan fingerprint density at radius 2 is 1.75 bits per heavy atom. The van der Waals surface area contributed by atoms with Crippen LogP contribution in [-0.2, 0) is 4.57 Å². The summed E-state index contributed by atoms with van der Waals surface area (Å²) in [6.45, 7) is 8.20. The van der Waals surface area contributed by atoms with Crippen LogP contribution >= 0.6 is 7.14 Å². The van der Waals surface area contributed by atoms with Gasteiger partial charge < -0.3 is 4.57 Å². The number of unbranched alkanes of at least 4 members (excludes halogenated alkanes) is 2. The minimum absolute atomic E-state index is 0.476. The van der Waals surface area contributed by atoms with Crippen molar-refractivity contribution in [2.45, 2.75) is 51.6 Å². The normalized spacial score (nSPS) is 14.7. The third kappa shape index (κ3) is 4.98. The number of hydrogen-bond acceptors (Lipinski definition) is 1. The lowest BCUT2D eigenvalue weighted by Crippen LogP contribution is -2.05. The number of rotatable bonds is 6. The Balaban J connectivity index is 3.77. The topological polar surface area (TPSA) is 17.1 Å². The molecule has 0 saturated carbocycles. The summed E-state index contributed by atoms with van der Waals surface area (Å²) >= 11 is 0. The molecular weight excluding hydrogens is 167 g/mol. The summed E-state index contributed by atoms with van der Waals surface area (Å²) in [5.41, 5.74) is 0.476. The standard InChI is InChI=1S/C10H23OP/c1-5-7-8-9-10(6-2)12(3,4)11/h10H,5-9H2,1-4H3. The second kappa shape index (κ2) is 5.80. The molecule has 0 aromatic rings. The van der Waals surface area contributed by atoms with Crippen molar-refractivity contribution in [2.24, 2.45) is 0 Å². The summed E-state index contributed by atoms with van der Waals surface area (Å²) in [6.07, 6.45) is 6.04. The molecule has 1 nitrogen and oxygen atoms in total. The van der Waals surface area contributed by atoms with E-state index in [1.807, 2.05) is 13.3 Å². The predicted molar refractivity (Wildman–Crippen MR) is 57.7 cm³/mol. The second-order valence-electron chi connectivity index (χ2n) is 3.99. The van der Waals surface area contributed by atoms with Crippen molar-refractivity contribution in [3.63, 3.8) is 0 Å². The van der Waals surface area contributed by atoms with Gasteiger partial charge in [0.1, 0.15) is 0 Å². The fourth-order valence-corrected chi connectivity index (χ4v) is 3.27. The Morgan fingerprint density at radius 1 is 1.17 bits per heavy atom. The van der Waals surface area contributed by atoms with E-state index in [4.69, 9.17) is 0 Å². The van der Waals surface area contributed by atoms with Crippen LogP contribution in [0.4, 0.5) is 0 Å². The van der Waals surface area contributed by atoms with E-state index >= 15 is 0 Å². The maximum absolute atomic E-state index is 11.7. The summed E-state index contributed by atoms with van der Waals surface area (Å²) in [5, 5.41) is 0. The zero-order valence-corrected chi connectivity index (χ0v) is 9.86. The first-order chi connectivity index (χ1) is 5.52. The van der Waals surface area contributed by atoms with E-state index in [1.165, 1.54) is 19.3 Å². The zero-order valence-electron chi connectivity index (χ0n) is 8.97. The Bertz CT molecular complexity index is 148. The highest BCUT2D eigenvalue weighted by Gasteiger charge is 2.19. The average molecular weight is 190 g/mol. The first kappa shape index (κ1) is 12.2. The summed E-state index contributed by atoms with van der Waals surface area (Å²) in [6, 6.07) is 0. The third-order valence-corrected chi connectivity index (χ3v) is 4.87. The van der Waals surface area contributed by atoms with Crippen molar-refractivity contribution in [3.8, 4) is 0 Å². The van der Waals surface area contributed by atoms with Crippen LogP contribution in [0.15, 0.2) is 0 Å². The minimum Gasteiger partial charge on any atom is -0.324 e. The molecule has 0 aliphatic heterocycles. The molecule has 0 N–H and O–H groups in total. The molecule has 0 rings (SSSR count). The van der Waals surface area contributed by atoms with Crippen LogP contribution in [0.5, 0.6) is 0 Å². The Hall–Kier alpha value is 0.230. The molecule has 0 saturated heterocycles. The SMILES string of the molecule is CCCCCC(CC)P(C)(C)=O. The van der Waals surface area contributed by atoms with E-state index in [-0.39, 0.29) is 0 Å². The first-order valence-corrected chi connectivity index (χ1v) is 7.74. The molecule has 0 aromatic carbocycles. The lowest BCUT2D eigenvalue weighted by atomic mass is 10.1. The van der Waals surface area contributed by atoms with Gasteiger partial charge in [-0.05, 0) is 26.2 Å². The second-order valence-corrected chi connectivity index (χ2v) is 7.59. The monoisotopic (exact) mass is 190 g/mol. The minimum atomic E-state index is -1.82. The molecule has 0 heterocycles. The van der Waals surface area contributed by atoms with E-state index in [9.17, 15) is 4.57 Å². The van der Waals surface area contributed by atoms with E-state index in [1.54, 1.807) is 0 Å². The van der Waals surface area contributed by atoms with E-state index in [0.29, 0.717) is 5.66 Å². The van der Waals surface area contributed by atoms with Crippen molar-refractivity contribution >= 4 is 7.14 Å². The van der Waals surface area contributed by atoms with Gasteiger partial charge in [0, 0.05) is 5.66 Å². The van der Waals surface area contributed by atoms with Gasteiger partial charge in [-0.15, -0.1) is 0 Å². The summed E-state index contributed by atoms with van der Waals surface area (Å²) in [7, 11) is -1.82. The molecule has 0 radical (unpaired) electrons. The van der Waals surface area contributed by atoms with Crippen molar-refractivity contribution in [3.05, 3.63) is 0 Å². The lowest BCUT2D eigenvalue weighted by Gasteiger charge is -2.19. The first-order valence-electron chi connectivity index (χ1n) is 5.07. The Kier molecular flexibility index (Phi) is 5.92. The predicted octanol–water partition coefficient (Wildman–Crippen LogP) is 3.97. The fraction of sp³-hybridized carbons (Fsp3) is 1.00. The van der Waals surface area contributed by atoms with Crippen molar-refractivity contribution < 1.29 is 4.57 Å². The molecule has 0 aromatic heterocycles. The summed E-state index contributed by atoms with van der Waals surface area (Å²) in [4.78, 5) is 0. The smallest absolute Gasteiger partial charge is 0.0848 e. The molecule has 2 heteroatoms. The lowest BCUT2D eigenvalue weighted by molar-refractivity contribution is 0.552. The third-order valence-electron chi connectivity index (χ3n) is 2.49. The molecule has 0 spiro atoms. The van der Waals surface area contributed by atoms with Crippen LogP contribution in [0.2, 0.25) is 0 Å². The van der Waals surface area contributed by atoms with Gasteiger partial charge in [-0.25, -0.2) is 0 Å². The van der Waals surface area contributed by atoms with Gasteiger partial charge in [0.25, 0.3) is 0 Å². The highest BCUT2D eigenvalue weighted by molar-refractivity contribution is 7.63. The molecule has 74 valence electrons. The van der Waals surface area contributed by atoms with Crippen molar-refractivity contribution in [2.75, 3.05) is 13.3 Å². The fourth-order valence-electron chi connectivity index (χ4n) is 1.58. The van der Waals surface area contributed by atoms with Gasteiger partial charge in [0.05, 0.1) is 7.14 Å². The highest BCUT2D eigenvalue weighted by Crippen LogP contribution is 2.46. The number of hydrogen-bond donors (Lipinski definition) is 0. The maximum atomic E-state index is 11.7. The molecule has 0 aliphatic carbocycles. The van der Waals surface area contributed by atoms with Gasteiger partial charge in [-0.1, -0.05) is 33.1 Å². The van der Waals surface area contributed by atoms with Crippen LogP contribution in [0.1, 0.15) is 46.0 Å². The van der Waals surface area contributed by atoms with Gasteiger partial charge in [0.15, 0.2) is 0 Å².